The first-order valence-corrected chi connectivity index (χ1v) is 40.2. The number of hydrogen-bond acceptors (Lipinski definition) is 14. The molecule has 0 saturated carbocycles. The van der Waals surface area contributed by atoms with E-state index in [-0.39, 0.29) is 19.3 Å². The second-order valence-corrected chi connectivity index (χ2v) is 27.6. The number of aliphatic hydroxyl groups is 2. The Bertz CT molecular complexity index is 2170. The number of hydrogen-bond donors (Lipinski definition) is 4. The lowest BCUT2D eigenvalue weighted by atomic mass is 10.0. The number of aliphatic hydroxyl groups excluding tert-OH is 2. The molecule has 0 aliphatic heterocycles. The first-order valence-electron chi connectivity index (χ1n) is 37.2. The Morgan fingerprint density at radius 1 is 0.305 bits per heavy atom. The maximum Gasteiger partial charge on any atom is 0.472 e. The van der Waals surface area contributed by atoms with E-state index in [9.17, 15) is 43.5 Å². The van der Waals surface area contributed by atoms with Gasteiger partial charge >= 0.3 is 33.6 Å². The minimum Gasteiger partial charge on any atom is -0.463 e. The van der Waals surface area contributed by atoms with Crippen LogP contribution in [0.15, 0.2) is 109 Å². The van der Waals surface area contributed by atoms with Crippen LogP contribution in [0, 0.1) is 0 Å². The lowest BCUT2D eigenvalue weighted by Gasteiger charge is -2.21. The molecule has 4 N–H and O–H groups in total. The highest BCUT2D eigenvalue weighted by Crippen LogP contribution is 2.45. The van der Waals surface area contributed by atoms with Crippen molar-refractivity contribution in [2.45, 2.75) is 322 Å². The van der Waals surface area contributed by atoms with E-state index < -0.39 is 91.5 Å². The van der Waals surface area contributed by atoms with E-state index >= 15 is 0 Å². The zero-order chi connectivity index (χ0) is 69.5. The predicted molar refractivity (Wildman–Crippen MR) is 390 cm³/mol. The van der Waals surface area contributed by atoms with E-state index in [0.717, 1.165) is 161 Å². The molecule has 0 saturated heterocycles. The number of carbonyl (C=O) groups excluding carboxylic acids is 3. The molecular formula is C77H134O16P2. The first-order chi connectivity index (χ1) is 46.2. The van der Waals surface area contributed by atoms with Gasteiger partial charge in [-0.2, -0.15) is 0 Å². The standard InChI is InChI=1S/C77H134O16P2/c1-4-7-10-13-16-19-22-25-27-29-30-31-32-33-34-35-36-37-38-39-40-42-44-46-48-51-54-57-60-63-75(80)87-66-72(78)67-89-94(83,84)90-68-73(79)69-91-95(85,86)92-71-74(93-77(82)65-62-59-56-53-50-45-24-21-18-15-12-9-6-3)70-88-76(81)64-61-58-55-52-49-47-43-41-28-26-23-20-17-14-11-8-5-2/h7-8,10-11,16-17,19-21,24-28,30-31,33-34,72-74,78-79H,4-6,9,12-15,18,22-23,29,32,35-71H2,1-3H3,(H,83,84)(H,85,86)/b10-7-,11-8-,19-16-,20-17-,24-21-,27-25-,28-26-,31-30-,34-33-. The summed E-state index contributed by atoms with van der Waals surface area (Å²) < 4.78 is 61.0. The van der Waals surface area contributed by atoms with Gasteiger partial charge in [0.2, 0.25) is 0 Å². The maximum atomic E-state index is 12.9. The summed E-state index contributed by atoms with van der Waals surface area (Å²) in [6.45, 7) is 2.43. The predicted octanol–water partition coefficient (Wildman–Crippen LogP) is 21.2. The molecule has 0 aromatic heterocycles. The normalized spacial score (nSPS) is 14.7. The number of allylic oxidation sites excluding steroid dienone is 18. The van der Waals surface area contributed by atoms with Gasteiger partial charge in [0.15, 0.2) is 6.10 Å². The Balaban J connectivity index is 4.46. The molecule has 18 heteroatoms. The van der Waals surface area contributed by atoms with Crippen LogP contribution >= 0.6 is 15.6 Å². The summed E-state index contributed by atoms with van der Waals surface area (Å²) in [7, 11) is -9.78. The largest absolute Gasteiger partial charge is 0.472 e. The van der Waals surface area contributed by atoms with Gasteiger partial charge in [0.25, 0.3) is 0 Å². The van der Waals surface area contributed by atoms with Gasteiger partial charge in [-0.05, 0) is 122 Å². The molecule has 16 nitrogen and oxygen atoms in total. The van der Waals surface area contributed by atoms with Crippen LogP contribution in [0.25, 0.3) is 0 Å². The van der Waals surface area contributed by atoms with E-state index in [1.807, 2.05) is 0 Å². The molecule has 0 spiro atoms. The maximum absolute atomic E-state index is 12.9. The lowest BCUT2D eigenvalue weighted by molar-refractivity contribution is -0.161. The average molecular weight is 1380 g/mol. The molecule has 0 amide bonds. The van der Waals surface area contributed by atoms with Crippen LogP contribution < -0.4 is 0 Å². The van der Waals surface area contributed by atoms with Crippen molar-refractivity contribution in [2.24, 2.45) is 0 Å². The number of phosphoric acid groups is 2. The van der Waals surface area contributed by atoms with Crippen molar-refractivity contribution >= 4 is 33.6 Å². The van der Waals surface area contributed by atoms with Crippen molar-refractivity contribution in [1.29, 1.82) is 0 Å². The topological polar surface area (TPSA) is 231 Å². The molecule has 0 rings (SSSR count). The Morgan fingerprint density at radius 3 is 0.895 bits per heavy atom. The third kappa shape index (κ3) is 71.3. The zero-order valence-electron chi connectivity index (χ0n) is 59.6. The molecule has 0 heterocycles. The molecule has 0 aromatic rings. The van der Waals surface area contributed by atoms with E-state index in [1.54, 1.807) is 0 Å². The van der Waals surface area contributed by atoms with Gasteiger partial charge in [-0.15, -0.1) is 0 Å². The molecule has 0 radical (unpaired) electrons. The van der Waals surface area contributed by atoms with Gasteiger partial charge < -0.3 is 34.2 Å². The summed E-state index contributed by atoms with van der Waals surface area (Å²) in [6.07, 6.45) is 80.0. The Morgan fingerprint density at radius 2 is 0.558 bits per heavy atom. The average Bonchev–Trinajstić information content (AvgIpc) is 3.76. The lowest BCUT2D eigenvalue weighted by Crippen LogP contribution is -2.30. The second kappa shape index (κ2) is 70.1. The van der Waals surface area contributed by atoms with Crippen molar-refractivity contribution in [1.82, 2.24) is 0 Å². The fraction of sp³-hybridized carbons (Fsp3) is 0.727. The van der Waals surface area contributed by atoms with Gasteiger partial charge in [-0.1, -0.05) is 271 Å². The highest BCUT2D eigenvalue weighted by atomic mass is 31.2. The monoisotopic (exact) mass is 1380 g/mol. The summed E-state index contributed by atoms with van der Waals surface area (Å²) in [6, 6.07) is 0. The molecule has 5 unspecified atom stereocenters. The second-order valence-electron chi connectivity index (χ2n) is 24.7. The molecular weight excluding hydrogens is 1240 g/mol. The Labute approximate surface area is 577 Å². The van der Waals surface area contributed by atoms with Gasteiger partial charge in [-0.25, -0.2) is 9.13 Å². The van der Waals surface area contributed by atoms with Gasteiger partial charge in [0.05, 0.1) is 26.4 Å². The third-order valence-electron chi connectivity index (χ3n) is 15.5. The number of unbranched alkanes of at least 4 members (excludes halogenated alkanes) is 29. The van der Waals surface area contributed by atoms with Gasteiger partial charge in [-0.3, -0.25) is 32.5 Å². The van der Waals surface area contributed by atoms with Crippen molar-refractivity contribution < 1.29 is 75.8 Å². The van der Waals surface area contributed by atoms with Crippen LogP contribution in [0.3, 0.4) is 0 Å². The Hall–Kier alpha value is -3.79. The summed E-state index contributed by atoms with van der Waals surface area (Å²) in [5, 5.41) is 20.6. The van der Waals surface area contributed by atoms with Crippen LogP contribution in [0.1, 0.15) is 303 Å². The summed E-state index contributed by atoms with van der Waals surface area (Å²) >= 11 is 0. The number of carbonyl (C=O) groups is 3. The minimum atomic E-state index is -4.93. The molecule has 0 aliphatic rings. The van der Waals surface area contributed by atoms with E-state index in [0.29, 0.717) is 19.3 Å². The highest BCUT2D eigenvalue weighted by Gasteiger charge is 2.29. The van der Waals surface area contributed by atoms with Crippen molar-refractivity contribution in [3.8, 4) is 0 Å². The fourth-order valence-corrected chi connectivity index (χ4v) is 11.4. The third-order valence-corrected chi connectivity index (χ3v) is 17.4. The van der Waals surface area contributed by atoms with Crippen molar-refractivity contribution in [2.75, 3.05) is 39.6 Å². The molecule has 0 aliphatic carbocycles. The number of phosphoric ester groups is 2. The minimum absolute atomic E-state index is 0.0922. The van der Waals surface area contributed by atoms with Crippen LogP contribution in [0.2, 0.25) is 0 Å². The summed E-state index contributed by atoms with van der Waals surface area (Å²) in [5.41, 5.74) is 0. The van der Waals surface area contributed by atoms with E-state index in [4.69, 9.17) is 32.3 Å². The first kappa shape index (κ1) is 91.2. The zero-order valence-corrected chi connectivity index (χ0v) is 61.4. The SMILES string of the molecule is CC/C=C\C/C=C\C/C=C\C/C=C\C/C=C\CCCCCCCCCCCCCCCC(=O)OCC(O)COP(=O)(O)OCC(O)COP(=O)(O)OCC(COC(=O)CCCCCCCCC/C=C\C/C=C\C/C=C\CC)OC(=O)CCCCCCC/C=C\CCCCCC. The van der Waals surface area contributed by atoms with Crippen molar-refractivity contribution in [3.63, 3.8) is 0 Å². The van der Waals surface area contributed by atoms with Gasteiger partial charge in [0, 0.05) is 19.3 Å². The van der Waals surface area contributed by atoms with Crippen LogP contribution in [-0.4, -0.2) is 95.9 Å². The van der Waals surface area contributed by atoms with Crippen LogP contribution in [0.4, 0.5) is 0 Å². The number of esters is 3. The summed E-state index contributed by atoms with van der Waals surface area (Å²) in [5.74, 6) is -1.59. The number of ether oxygens (including phenoxy) is 3. The molecule has 0 bridgehead atoms. The molecule has 548 valence electrons. The van der Waals surface area contributed by atoms with E-state index in [1.165, 1.54) is 83.5 Å². The van der Waals surface area contributed by atoms with Crippen LogP contribution in [0.5, 0.6) is 0 Å². The van der Waals surface area contributed by atoms with E-state index in [2.05, 4.69) is 130 Å². The molecule has 0 aromatic carbocycles. The number of rotatable bonds is 70. The quantitative estimate of drug-likeness (QED) is 0.0146. The molecule has 5 atom stereocenters. The molecule has 0 fully saturated rings. The Kier molecular flexibility index (Phi) is 67.3. The molecule has 95 heavy (non-hydrogen) atoms. The van der Waals surface area contributed by atoms with Crippen LogP contribution in [-0.2, 0) is 55.8 Å². The van der Waals surface area contributed by atoms with Gasteiger partial charge in [0.1, 0.15) is 25.4 Å². The highest BCUT2D eigenvalue weighted by molar-refractivity contribution is 7.47. The fourth-order valence-electron chi connectivity index (χ4n) is 9.84. The van der Waals surface area contributed by atoms with Crippen molar-refractivity contribution in [3.05, 3.63) is 109 Å². The summed E-state index contributed by atoms with van der Waals surface area (Å²) in [4.78, 5) is 58.5. The smallest absolute Gasteiger partial charge is 0.463 e.